The molecule has 1 aromatic carbocycles. The van der Waals surface area contributed by atoms with Crippen molar-refractivity contribution in [1.82, 2.24) is 15.5 Å². The monoisotopic (exact) mass is 309 g/mol. The number of thioether (sulfide) groups is 1. The minimum atomic E-state index is 0.0618. The van der Waals surface area contributed by atoms with Gasteiger partial charge in [-0.2, -0.15) is 0 Å². The first kappa shape index (κ1) is 16.1. The number of amides is 2. The van der Waals surface area contributed by atoms with Gasteiger partial charge in [0.1, 0.15) is 0 Å². The first-order valence-electron chi connectivity index (χ1n) is 7.24. The van der Waals surface area contributed by atoms with Gasteiger partial charge in [-0.05, 0) is 17.7 Å². The molecule has 2 N–H and O–H groups in total. The van der Waals surface area contributed by atoms with Crippen LogP contribution in [0.25, 0.3) is 0 Å². The Hall–Kier alpha value is -1.24. The second-order valence-corrected chi connectivity index (χ2v) is 6.05. The fourth-order valence-corrected chi connectivity index (χ4v) is 3.11. The first-order chi connectivity index (χ1) is 10.3. The van der Waals surface area contributed by atoms with Crippen molar-refractivity contribution in [2.24, 2.45) is 0 Å². The Balaban J connectivity index is 1.71. The van der Waals surface area contributed by atoms with Crippen LogP contribution in [0.4, 0.5) is 4.79 Å². The number of benzene rings is 1. The number of hydrogen-bond donors (Lipinski definition) is 2. The summed E-state index contributed by atoms with van der Waals surface area (Å²) >= 11 is 1.79. The Morgan fingerprint density at radius 3 is 3.14 bits per heavy atom. The molecule has 0 spiro atoms. The maximum Gasteiger partial charge on any atom is 0.317 e. The van der Waals surface area contributed by atoms with Crippen molar-refractivity contribution >= 4 is 17.8 Å². The van der Waals surface area contributed by atoms with E-state index in [9.17, 15) is 4.79 Å². The number of methoxy groups -OCH3 is 1. The summed E-state index contributed by atoms with van der Waals surface area (Å²) < 4.78 is 5.01. The Morgan fingerprint density at radius 2 is 2.38 bits per heavy atom. The number of ether oxygens (including phenoxy) is 1. The molecule has 0 aromatic heterocycles. The SMILES string of the molecule is COCCNCc1cccc(SCCN2CCNC2=O)c1. The molecular formula is C15H23N3O2S. The van der Waals surface area contributed by atoms with Gasteiger partial charge in [0.25, 0.3) is 0 Å². The second-order valence-electron chi connectivity index (χ2n) is 4.88. The molecule has 0 unspecified atom stereocenters. The fraction of sp³-hybridized carbons (Fsp3) is 0.533. The van der Waals surface area contributed by atoms with Gasteiger partial charge in [-0.15, -0.1) is 11.8 Å². The van der Waals surface area contributed by atoms with E-state index >= 15 is 0 Å². The normalized spacial score (nSPS) is 14.5. The van der Waals surface area contributed by atoms with Crippen molar-refractivity contribution in [2.75, 3.05) is 45.6 Å². The van der Waals surface area contributed by atoms with Crippen LogP contribution in [0.3, 0.4) is 0 Å². The molecule has 0 aliphatic carbocycles. The molecule has 21 heavy (non-hydrogen) atoms. The minimum Gasteiger partial charge on any atom is -0.383 e. The molecule has 1 aliphatic rings. The van der Waals surface area contributed by atoms with E-state index < -0.39 is 0 Å². The van der Waals surface area contributed by atoms with Crippen molar-refractivity contribution < 1.29 is 9.53 Å². The average molecular weight is 309 g/mol. The third-order valence-corrected chi connectivity index (χ3v) is 4.26. The Kier molecular flexibility index (Phi) is 6.85. The largest absolute Gasteiger partial charge is 0.383 e. The van der Waals surface area contributed by atoms with Gasteiger partial charge < -0.3 is 20.3 Å². The number of urea groups is 1. The molecule has 0 radical (unpaired) electrons. The summed E-state index contributed by atoms with van der Waals surface area (Å²) in [6.07, 6.45) is 0. The lowest BCUT2D eigenvalue weighted by atomic mass is 10.2. The maximum absolute atomic E-state index is 11.4. The van der Waals surface area contributed by atoms with E-state index in [4.69, 9.17) is 4.74 Å². The Morgan fingerprint density at radius 1 is 1.48 bits per heavy atom. The molecule has 1 fully saturated rings. The molecule has 0 atom stereocenters. The predicted octanol–water partition coefficient (Wildman–Crippen LogP) is 1.54. The summed E-state index contributed by atoms with van der Waals surface area (Å²) in [6.45, 7) is 4.83. The Bertz CT molecular complexity index is 456. The van der Waals surface area contributed by atoms with E-state index in [1.807, 2.05) is 4.90 Å². The van der Waals surface area contributed by atoms with Crippen LogP contribution in [0.5, 0.6) is 0 Å². The van der Waals surface area contributed by atoms with E-state index in [0.717, 1.165) is 45.1 Å². The molecule has 1 heterocycles. The summed E-state index contributed by atoms with van der Waals surface area (Å²) in [5, 5.41) is 6.16. The summed E-state index contributed by atoms with van der Waals surface area (Å²) in [4.78, 5) is 14.5. The molecule has 6 heteroatoms. The molecule has 2 amide bonds. The van der Waals surface area contributed by atoms with E-state index in [2.05, 4.69) is 34.9 Å². The lowest BCUT2D eigenvalue weighted by Crippen LogP contribution is -2.30. The topological polar surface area (TPSA) is 53.6 Å². The number of nitrogens with one attached hydrogen (secondary N) is 2. The first-order valence-corrected chi connectivity index (χ1v) is 8.22. The maximum atomic E-state index is 11.4. The lowest BCUT2D eigenvalue weighted by molar-refractivity contribution is 0.199. The van der Waals surface area contributed by atoms with Gasteiger partial charge in [0, 0.05) is 50.5 Å². The number of nitrogens with zero attached hydrogens (tertiary/aromatic N) is 1. The zero-order valence-corrected chi connectivity index (χ0v) is 13.2. The highest BCUT2D eigenvalue weighted by molar-refractivity contribution is 7.99. The number of hydrogen-bond acceptors (Lipinski definition) is 4. The molecule has 0 saturated carbocycles. The zero-order chi connectivity index (χ0) is 14.9. The van der Waals surface area contributed by atoms with Crippen LogP contribution < -0.4 is 10.6 Å². The van der Waals surface area contributed by atoms with Crippen molar-refractivity contribution in [3.8, 4) is 0 Å². The smallest absolute Gasteiger partial charge is 0.317 e. The summed E-state index contributed by atoms with van der Waals surface area (Å²) in [5.74, 6) is 0.925. The molecule has 116 valence electrons. The van der Waals surface area contributed by atoms with Crippen LogP contribution in [0.1, 0.15) is 5.56 Å². The number of carbonyl (C=O) groups is 1. The molecule has 1 aliphatic heterocycles. The number of carbonyl (C=O) groups excluding carboxylic acids is 1. The molecule has 1 saturated heterocycles. The second kappa shape index (κ2) is 8.92. The summed E-state index contributed by atoms with van der Waals surface area (Å²) in [7, 11) is 1.71. The highest BCUT2D eigenvalue weighted by Gasteiger charge is 2.18. The van der Waals surface area contributed by atoms with E-state index in [1.165, 1.54) is 10.5 Å². The van der Waals surface area contributed by atoms with Gasteiger partial charge in [0.05, 0.1) is 6.61 Å². The van der Waals surface area contributed by atoms with Gasteiger partial charge >= 0.3 is 6.03 Å². The molecular weight excluding hydrogens is 286 g/mol. The predicted molar refractivity (Wildman–Crippen MR) is 85.7 cm³/mol. The standard InChI is InChI=1S/C15H23N3O2S/c1-20-9-6-16-12-13-3-2-4-14(11-13)21-10-8-18-7-5-17-15(18)19/h2-4,11,16H,5-10,12H2,1H3,(H,17,19). The van der Waals surface area contributed by atoms with Gasteiger partial charge in [0.15, 0.2) is 0 Å². The average Bonchev–Trinajstić information content (AvgIpc) is 2.90. The molecule has 2 rings (SSSR count). The van der Waals surface area contributed by atoms with Crippen molar-refractivity contribution in [3.05, 3.63) is 29.8 Å². The van der Waals surface area contributed by atoms with Gasteiger partial charge in [-0.1, -0.05) is 12.1 Å². The molecule has 5 nitrogen and oxygen atoms in total. The van der Waals surface area contributed by atoms with Crippen LogP contribution in [-0.2, 0) is 11.3 Å². The van der Waals surface area contributed by atoms with Crippen LogP contribution in [0.2, 0.25) is 0 Å². The zero-order valence-electron chi connectivity index (χ0n) is 12.4. The quantitative estimate of drug-likeness (QED) is 0.537. The van der Waals surface area contributed by atoms with Crippen LogP contribution >= 0.6 is 11.8 Å². The van der Waals surface area contributed by atoms with Crippen molar-refractivity contribution in [3.63, 3.8) is 0 Å². The van der Waals surface area contributed by atoms with E-state index in [-0.39, 0.29) is 6.03 Å². The van der Waals surface area contributed by atoms with Crippen LogP contribution in [0, 0.1) is 0 Å². The van der Waals surface area contributed by atoms with Crippen LogP contribution in [-0.4, -0.2) is 56.6 Å². The van der Waals surface area contributed by atoms with Crippen molar-refractivity contribution in [1.29, 1.82) is 0 Å². The fourth-order valence-electron chi connectivity index (χ4n) is 2.15. The van der Waals surface area contributed by atoms with Crippen molar-refractivity contribution in [2.45, 2.75) is 11.4 Å². The van der Waals surface area contributed by atoms with Gasteiger partial charge in [-0.3, -0.25) is 0 Å². The van der Waals surface area contributed by atoms with E-state index in [1.54, 1.807) is 18.9 Å². The van der Waals surface area contributed by atoms with Crippen LogP contribution in [0.15, 0.2) is 29.2 Å². The summed E-state index contributed by atoms with van der Waals surface area (Å²) in [5.41, 5.74) is 1.27. The summed E-state index contributed by atoms with van der Waals surface area (Å²) in [6, 6.07) is 8.59. The lowest BCUT2D eigenvalue weighted by Gasteiger charge is -2.13. The minimum absolute atomic E-state index is 0.0618. The molecule has 1 aromatic rings. The third kappa shape index (κ3) is 5.57. The van der Waals surface area contributed by atoms with Gasteiger partial charge in [0.2, 0.25) is 0 Å². The van der Waals surface area contributed by atoms with E-state index in [0.29, 0.717) is 0 Å². The Labute approximate surface area is 130 Å². The van der Waals surface area contributed by atoms with Gasteiger partial charge in [-0.25, -0.2) is 4.79 Å². The highest BCUT2D eigenvalue weighted by atomic mass is 32.2. The third-order valence-electron chi connectivity index (χ3n) is 3.29. The molecule has 0 bridgehead atoms. The number of rotatable bonds is 9. The highest BCUT2D eigenvalue weighted by Crippen LogP contribution is 2.19.